The number of nitrogens with zero attached hydrogens (tertiary/aromatic N) is 2. The summed E-state index contributed by atoms with van der Waals surface area (Å²) in [6.45, 7) is 11.8. The van der Waals surface area contributed by atoms with Gasteiger partial charge in [-0.1, -0.05) is 32.9 Å². The van der Waals surface area contributed by atoms with Crippen LogP contribution >= 0.6 is 11.3 Å². The largest absolute Gasteiger partial charge is 0.411 e. The molecule has 0 radical (unpaired) electrons. The van der Waals surface area contributed by atoms with Gasteiger partial charge in [-0.3, -0.25) is 4.79 Å². The SMILES string of the molecule is CN(C)C(=O)c1ccc(-c2nc(CO[Si](C)(C)C(C)(C)C)cs2)cc1. The highest BCUT2D eigenvalue weighted by atomic mass is 32.1. The molecule has 0 bridgehead atoms. The molecule has 2 aromatic rings. The summed E-state index contributed by atoms with van der Waals surface area (Å²) in [6, 6.07) is 7.61. The van der Waals surface area contributed by atoms with Gasteiger partial charge in [-0.2, -0.15) is 0 Å². The number of thiazole rings is 1. The van der Waals surface area contributed by atoms with Crippen LogP contribution < -0.4 is 0 Å². The Bertz CT molecular complexity index is 731. The van der Waals surface area contributed by atoms with E-state index in [4.69, 9.17) is 9.41 Å². The lowest BCUT2D eigenvalue weighted by molar-refractivity contribution is 0.0827. The summed E-state index contributed by atoms with van der Waals surface area (Å²) < 4.78 is 6.24. The minimum absolute atomic E-state index is 0.00847. The fourth-order valence-corrected chi connectivity index (χ4v) is 3.74. The van der Waals surface area contributed by atoms with Crippen LogP contribution in [0.3, 0.4) is 0 Å². The lowest BCUT2D eigenvalue weighted by Crippen LogP contribution is -2.40. The van der Waals surface area contributed by atoms with Gasteiger partial charge in [0.1, 0.15) is 5.01 Å². The third-order valence-electron chi connectivity index (χ3n) is 4.72. The molecular weight excluding hydrogens is 348 g/mol. The summed E-state index contributed by atoms with van der Waals surface area (Å²) >= 11 is 1.61. The molecule has 0 spiro atoms. The smallest absolute Gasteiger partial charge is 0.253 e. The van der Waals surface area contributed by atoms with Crippen molar-refractivity contribution in [2.24, 2.45) is 0 Å². The molecule has 25 heavy (non-hydrogen) atoms. The van der Waals surface area contributed by atoms with Gasteiger partial charge >= 0.3 is 0 Å². The number of rotatable bonds is 5. The van der Waals surface area contributed by atoms with E-state index >= 15 is 0 Å². The van der Waals surface area contributed by atoms with Crippen molar-refractivity contribution in [3.05, 3.63) is 40.9 Å². The van der Waals surface area contributed by atoms with Gasteiger partial charge in [0.05, 0.1) is 12.3 Å². The van der Waals surface area contributed by atoms with Gasteiger partial charge in [-0.15, -0.1) is 11.3 Å². The molecule has 0 atom stereocenters. The second kappa shape index (κ2) is 7.39. The second-order valence-corrected chi connectivity index (χ2v) is 13.6. The topological polar surface area (TPSA) is 42.4 Å². The summed E-state index contributed by atoms with van der Waals surface area (Å²) in [4.78, 5) is 18.2. The Hall–Kier alpha value is -1.50. The van der Waals surface area contributed by atoms with Crippen LogP contribution in [0.1, 0.15) is 36.8 Å². The molecule has 136 valence electrons. The van der Waals surface area contributed by atoms with Crippen LogP contribution in [0.2, 0.25) is 18.1 Å². The number of benzene rings is 1. The third-order valence-corrected chi connectivity index (χ3v) is 10.1. The van der Waals surface area contributed by atoms with Crippen molar-refractivity contribution >= 4 is 25.6 Å². The average molecular weight is 377 g/mol. The number of hydrogen-bond donors (Lipinski definition) is 0. The van der Waals surface area contributed by atoms with Crippen LogP contribution in [0.4, 0.5) is 0 Å². The standard InChI is InChI=1S/C19H28N2O2SSi/c1-19(2,3)25(6,7)23-12-16-13-24-17(20-16)14-8-10-15(11-9-14)18(22)21(4)5/h8-11,13H,12H2,1-7H3. The first-order valence-corrected chi connectivity index (χ1v) is 12.2. The van der Waals surface area contributed by atoms with Crippen molar-refractivity contribution < 1.29 is 9.22 Å². The average Bonchev–Trinajstić information content (AvgIpc) is 3.00. The molecule has 0 aliphatic carbocycles. The lowest BCUT2D eigenvalue weighted by Gasteiger charge is -2.35. The first-order chi connectivity index (χ1) is 11.5. The minimum Gasteiger partial charge on any atom is -0.411 e. The van der Waals surface area contributed by atoms with Gasteiger partial charge in [-0.25, -0.2) is 4.98 Å². The maximum atomic E-state index is 12.0. The molecule has 0 N–H and O–H groups in total. The zero-order valence-corrected chi connectivity index (χ0v) is 18.0. The van der Waals surface area contributed by atoms with Crippen LogP contribution in [-0.4, -0.2) is 38.2 Å². The predicted molar refractivity (Wildman–Crippen MR) is 108 cm³/mol. The summed E-state index contributed by atoms with van der Waals surface area (Å²) in [6.07, 6.45) is 0. The van der Waals surface area contributed by atoms with E-state index in [1.165, 1.54) is 0 Å². The summed E-state index contributed by atoms with van der Waals surface area (Å²) in [5.74, 6) is 0.00847. The molecule has 0 saturated heterocycles. The fraction of sp³-hybridized carbons (Fsp3) is 0.474. The van der Waals surface area contributed by atoms with E-state index in [9.17, 15) is 4.79 Å². The van der Waals surface area contributed by atoms with Crippen LogP contribution in [0, 0.1) is 0 Å². The van der Waals surface area contributed by atoms with Crippen LogP contribution in [-0.2, 0) is 11.0 Å². The Kier molecular flexibility index (Phi) is 5.86. The number of hydrogen-bond acceptors (Lipinski definition) is 4. The molecule has 1 amide bonds. The van der Waals surface area contributed by atoms with Crippen molar-refractivity contribution in [3.8, 4) is 10.6 Å². The molecule has 1 heterocycles. The molecule has 1 aromatic carbocycles. The Labute approximate surface area is 156 Å². The quantitative estimate of drug-likeness (QED) is 0.687. The molecule has 1 aromatic heterocycles. The number of aromatic nitrogens is 1. The molecule has 6 heteroatoms. The van der Waals surface area contributed by atoms with E-state index in [-0.39, 0.29) is 10.9 Å². The molecule has 0 unspecified atom stereocenters. The van der Waals surface area contributed by atoms with Gasteiger partial charge in [0.15, 0.2) is 8.32 Å². The van der Waals surface area contributed by atoms with Crippen molar-refractivity contribution in [3.63, 3.8) is 0 Å². The van der Waals surface area contributed by atoms with Gasteiger partial charge < -0.3 is 9.33 Å². The monoisotopic (exact) mass is 376 g/mol. The highest BCUT2D eigenvalue weighted by Crippen LogP contribution is 2.37. The predicted octanol–water partition coefficient (Wildman–Crippen LogP) is 5.03. The molecule has 0 fully saturated rings. The molecule has 0 aliphatic heterocycles. The molecule has 4 nitrogen and oxygen atoms in total. The third kappa shape index (κ3) is 4.77. The van der Waals surface area contributed by atoms with Gasteiger partial charge in [-0.05, 0) is 30.3 Å². The fourth-order valence-electron chi connectivity index (χ4n) is 1.99. The minimum atomic E-state index is -1.77. The Morgan fingerprint density at radius 3 is 2.32 bits per heavy atom. The Balaban J connectivity index is 2.07. The first-order valence-electron chi connectivity index (χ1n) is 8.42. The van der Waals surface area contributed by atoms with Crippen molar-refractivity contribution in [1.29, 1.82) is 0 Å². The normalized spacial score (nSPS) is 12.3. The van der Waals surface area contributed by atoms with Crippen LogP contribution in [0.25, 0.3) is 10.6 Å². The number of amides is 1. The zero-order valence-electron chi connectivity index (χ0n) is 16.2. The number of carbonyl (C=O) groups is 1. The maximum Gasteiger partial charge on any atom is 0.253 e. The van der Waals surface area contributed by atoms with E-state index in [0.717, 1.165) is 16.3 Å². The van der Waals surface area contributed by atoms with Gasteiger partial charge in [0.2, 0.25) is 0 Å². The molecule has 2 rings (SSSR count). The first kappa shape index (κ1) is 19.8. The van der Waals surface area contributed by atoms with E-state index in [0.29, 0.717) is 12.2 Å². The summed E-state index contributed by atoms with van der Waals surface area (Å²) in [5, 5.41) is 3.21. The zero-order chi connectivity index (χ0) is 18.8. The highest BCUT2D eigenvalue weighted by molar-refractivity contribution is 7.13. The Morgan fingerprint density at radius 2 is 1.80 bits per heavy atom. The molecule has 0 aliphatic rings. The lowest BCUT2D eigenvalue weighted by atomic mass is 10.1. The van der Waals surface area contributed by atoms with Crippen molar-refractivity contribution in [2.45, 2.75) is 45.5 Å². The Morgan fingerprint density at radius 1 is 1.20 bits per heavy atom. The maximum absolute atomic E-state index is 12.0. The molecular formula is C19H28N2O2SSi. The van der Waals surface area contributed by atoms with Gasteiger partial charge in [0, 0.05) is 30.6 Å². The van der Waals surface area contributed by atoms with E-state index < -0.39 is 8.32 Å². The van der Waals surface area contributed by atoms with E-state index in [2.05, 4.69) is 39.2 Å². The molecule has 0 saturated carbocycles. The number of carbonyl (C=O) groups excluding carboxylic acids is 1. The van der Waals surface area contributed by atoms with Crippen molar-refractivity contribution in [2.75, 3.05) is 14.1 Å². The highest BCUT2D eigenvalue weighted by Gasteiger charge is 2.37. The van der Waals surface area contributed by atoms with Gasteiger partial charge in [0.25, 0.3) is 5.91 Å². The second-order valence-electron chi connectivity index (χ2n) is 7.97. The van der Waals surface area contributed by atoms with Crippen LogP contribution in [0.15, 0.2) is 29.6 Å². The summed E-state index contributed by atoms with van der Waals surface area (Å²) in [7, 11) is 1.75. The summed E-state index contributed by atoms with van der Waals surface area (Å²) in [5.41, 5.74) is 2.68. The van der Waals surface area contributed by atoms with Crippen LogP contribution in [0.5, 0.6) is 0 Å². The van der Waals surface area contributed by atoms with E-state index in [1.807, 2.05) is 24.3 Å². The van der Waals surface area contributed by atoms with Crippen molar-refractivity contribution in [1.82, 2.24) is 9.88 Å². The van der Waals surface area contributed by atoms with E-state index in [1.54, 1.807) is 30.3 Å².